The molecule has 1 unspecified atom stereocenters. The highest BCUT2D eigenvalue weighted by Gasteiger charge is 2.21. The number of pyridine rings is 1. The molecule has 0 fully saturated rings. The first-order valence-corrected chi connectivity index (χ1v) is 5.58. The summed E-state index contributed by atoms with van der Waals surface area (Å²) in [6, 6.07) is 5.70. The Labute approximate surface area is 108 Å². The Hall–Kier alpha value is -2.70. The first kappa shape index (κ1) is 12.7. The molecule has 1 aromatic carbocycles. The molecular weight excluding hydrogens is 248 g/mol. The summed E-state index contributed by atoms with van der Waals surface area (Å²) in [6.45, 7) is 1.54. The van der Waals surface area contributed by atoms with Crippen molar-refractivity contribution in [2.75, 3.05) is 5.32 Å². The number of fused-ring (bicyclic) bond motifs is 1. The number of nitro benzene ring substituents is 1. The molecule has 0 aliphatic rings. The zero-order valence-corrected chi connectivity index (χ0v) is 10.2. The number of nitrogens with one attached hydrogen (secondary N) is 1. The molecule has 2 rings (SSSR count). The molecule has 7 nitrogen and oxygen atoms in total. The number of carbonyl (C=O) groups is 1. The van der Waals surface area contributed by atoms with Crippen LogP contribution in [0, 0.1) is 10.1 Å². The molecule has 0 aliphatic carbocycles. The highest BCUT2D eigenvalue weighted by Crippen LogP contribution is 2.32. The standard InChI is InChI=1S/C12H12N4O3/c1-7(12(13)17)15-10-5-4-9-8(3-2-6-14-9)11(10)16(18)19/h2-7,15H,1H3,(H2,13,17). The van der Waals surface area contributed by atoms with Gasteiger partial charge in [-0.2, -0.15) is 0 Å². The second kappa shape index (κ2) is 4.89. The first-order chi connectivity index (χ1) is 9.00. The number of nitro groups is 1. The van der Waals surface area contributed by atoms with Crippen LogP contribution in [-0.2, 0) is 4.79 Å². The molecule has 0 radical (unpaired) electrons. The van der Waals surface area contributed by atoms with Gasteiger partial charge in [0, 0.05) is 6.20 Å². The first-order valence-electron chi connectivity index (χ1n) is 5.58. The van der Waals surface area contributed by atoms with Gasteiger partial charge in [0.1, 0.15) is 11.7 Å². The van der Waals surface area contributed by atoms with Crippen molar-refractivity contribution >= 4 is 28.2 Å². The van der Waals surface area contributed by atoms with E-state index in [1.165, 1.54) is 6.07 Å². The number of primary amides is 1. The number of amides is 1. The third kappa shape index (κ3) is 2.44. The summed E-state index contributed by atoms with van der Waals surface area (Å²) in [5, 5.41) is 14.4. The number of hydrogen-bond donors (Lipinski definition) is 2. The number of anilines is 1. The van der Waals surface area contributed by atoms with E-state index < -0.39 is 16.9 Å². The monoisotopic (exact) mass is 260 g/mol. The maximum Gasteiger partial charge on any atom is 0.301 e. The third-order valence-electron chi connectivity index (χ3n) is 2.74. The van der Waals surface area contributed by atoms with Crippen LogP contribution >= 0.6 is 0 Å². The molecule has 0 saturated heterocycles. The van der Waals surface area contributed by atoms with Gasteiger partial charge in [0.25, 0.3) is 0 Å². The van der Waals surface area contributed by atoms with Crippen molar-refractivity contribution in [3.63, 3.8) is 0 Å². The minimum absolute atomic E-state index is 0.112. The van der Waals surface area contributed by atoms with Gasteiger partial charge in [-0.1, -0.05) is 0 Å². The lowest BCUT2D eigenvalue weighted by Gasteiger charge is -2.12. The van der Waals surface area contributed by atoms with Crippen molar-refractivity contribution in [1.82, 2.24) is 4.98 Å². The van der Waals surface area contributed by atoms with Crippen LogP contribution in [0.15, 0.2) is 30.5 Å². The molecule has 1 atom stereocenters. The van der Waals surface area contributed by atoms with E-state index in [2.05, 4.69) is 10.3 Å². The molecule has 0 saturated carbocycles. The molecular formula is C12H12N4O3. The van der Waals surface area contributed by atoms with Crippen molar-refractivity contribution < 1.29 is 9.72 Å². The van der Waals surface area contributed by atoms with Crippen LogP contribution in [0.2, 0.25) is 0 Å². The van der Waals surface area contributed by atoms with E-state index in [9.17, 15) is 14.9 Å². The molecule has 3 N–H and O–H groups in total. The fraction of sp³-hybridized carbons (Fsp3) is 0.167. The molecule has 98 valence electrons. The van der Waals surface area contributed by atoms with Crippen molar-refractivity contribution in [1.29, 1.82) is 0 Å². The van der Waals surface area contributed by atoms with Gasteiger partial charge in [0.05, 0.1) is 15.8 Å². The molecule has 19 heavy (non-hydrogen) atoms. The summed E-state index contributed by atoms with van der Waals surface area (Å²) in [5.41, 5.74) is 5.79. The van der Waals surface area contributed by atoms with Crippen LogP contribution in [0.1, 0.15) is 6.92 Å². The summed E-state index contributed by atoms with van der Waals surface area (Å²) in [4.78, 5) is 25.8. The minimum Gasteiger partial charge on any atom is -0.368 e. The molecule has 1 amide bonds. The van der Waals surface area contributed by atoms with Gasteiger partial charge in [0.2, 0.25) is 5.91 Å². The summed E-state index contributed by atoms with van der Waals surface area (Å²) in [6.07, 6.45) is 1.56. The maximum atomic E-state index is 11.2. The number of hydrogen-bond acceptors (Lipinski definition) is 5. The van der Waals surface area contributed by atoms with Crippen molar-refractivity contribution in [2.45, 2.75) is 13.0 Å². The highest BCUT2D eigenvalue weighted by molar-refractivity contribution is 5.95. The van der Waals surface area contributed by atoms with Gasteiger partial charge in [-0.05, 0) is 31.2 Å². The number of aromatic nitrogens is 1. The average molecular weight is 260 g/mol. The van der Waals surface area contributed by atoms with Crippen LogP contribution in [0.5, 0.6) is 0 Å². The second-order valence-electron chi connectivity index (χ2n) is 4.06. The lowest BCUT2D eigenvalue weighted by Crippen LogP contribution is -2.32. The smallest absolute Gasteiger partial charge is 0.301 e. The third-order valence-corrected chi connectivity index (χ3v) is 2.74. The molecule has 2 aromatic rings. The Morgan fingerprint density at radius 2 is 2.21 bits per heavy atom. The summed E-state index contributed by atoms with van der Waals surface area (Å²) >= 11 is 0. The van der Waals surface area contributed by atoms with E-state index in [0.29, 0.717) is 10.9 Å². The number of benzene rings is 1. The van der Waals surface area contributed by atoms with Gasteiger partial charge in [-0.25, -0.2) is 0 Å². The van der Waals surface area contributed by atoms with E-state index in [-0.39, 0.29) is 11.4 Å². The Morgan fingerprint density at radius 3 is 2.84 bits per heavy atom. The molecule has 0 spiro atoms. The van der Waals surface area contributed by atoms with Crippen LogP contribution in [0.3, 0.4) is 0 Å². The van der Waals surface area contributed by atoms with Crippen LogP contribution in [0.4, 0.5) is 11.4 Å². The van der Waals surface area contributed by atoms with Gasteiger partial charge in [-0.15, -0.1) is 0 Å². The lowest BCUT2D eigenvalue weighted by molar-refractivity contribution is -0.382. The average Bonchev–Trinajstić information content (AvgIpc) is 2.37. The summed E-state index contributed by atoms with van der Waals surface area (Å²) in [5.74, 6) is -0.583. The fourth-order valence-electron chi connectivity index (χ4n) is 1.75. The zero-order chi connectivity index (χ0) is 14.0. The lowest BCUT2D eigenvalue weighted by atomic mass is 10.1. The minimum atomic E-state index is -0.701. The van der Waals surface area contributed by atoms with E-state index in [0.717, 1.165) is 0 Å². The van der Waals surface area contributed by atoms with E-state index in [4.69, 9.17) is 5.73 Å². The number of nitrogens with zero attached hydrogens (tertiary/aromatic N) is 2. The van der Waals surface area contributed by atoms with Crippen LogP contribution < -0.4 is 11.1 Å². The fourth-order valence-corrected chi connectivity index (χ4v) is 1.75. The van der Waals surface area contributed by atoms with Gasteiger partial charge >= 0.3 is 5.69 Å². The molecule has 7 heteroatoms. The molecule has 0 bridgehead atoms. The van der Waals surface area contributed by atoms with Gasteiger partial charge in [0.15, 0.2) is 0 Å². The highest BCUT2D eigenvalue weighted by atomic mass is 16.6. The molecule has 1 aromatic heterocycles. The zero-order valence-electron chi connectivity index (χ0n) is 10.2. The van der Waals surface area contributed by atoms with Crippen LogP contribution in [-0.4, -0.2) is 21.9 Å². The summed E-state index contributed by atoms with van der Waals surface area (Å²) in [7, 11) is 0. The SMILES string of the molecule is CC(Nc1ccc2ncccc2c1[N+](=O)[O-])C(N)=O. The maximum absolute atomic E-state index is 11.2. The normalized spacial score (nSPS) is 12.1. The number of carbonyl (C=O) groups excluding carboxylic acids is 1. The Morgan fingerprint density at radius 1 is 1.47 bits per heavy atom. The number of nitrogens with two attached hydrogens (primary N) is 1. The van der Waals surface area contributed by atoms with Crippen molar-refractivity contribution in [3.05, 3.63) is 40.6 Å². The van der Waals surface area contributed by atoms with E-state index >= 15 is 0 Å². The van der Waals surface area contributed by atoms with Crippen LogP contribution in [0.25, 0.3) is 10.9 Å². The quantitative estimate of drug-likeness (QED) is 0.638. The Bertz CT molecular complexity index is 656. The van der Waals surface area contributed by atoms with Gasteiger partial charge in [-0.3, -0.25) is 19.9 Å². The Balaban J connectivity index is 2.58. The largest absolute Gasteiger partial charge is 0.368 e. The molecule has 1 heterocycles. The molecule has 0 aliphatic heterocycles. The topological polar surface area (TPSA) is 111 Å². The second-order valence-corrected chi connectivity index (χ2v) is 4.06. The van der Waals surface area contributed by atoms with E-state index in [1.54, 1.807) is 31.3 Å². The number of rotatable bonds is 4. The summed E-state index contributed by atoms with van der Waals surface area (Å²) < 4.78 is 0. The predicted molar refractivity (Wildman–Crippen MR) is 70.7 cm³/mol. The Kier molecular flexibility index (Phi) is 3.28. The van der Waals surface area contributed by atoms with Crippen molar-refractivity contribution in [2.24, 2.45) is 5.73 Å². The van der Waals surface area contributed by atoms with Gasteiger partial charge < -0.3 is 11.1 Å². The van der Waals surface area contributed by atoms with Crippen molar-refractivity contribution in [3.8, 4) is 0 Å². The van der Waals surface area contributed by atoms with E-state index in [1.807, 2.05) is 0 Å². The predicted octanol–water partition coefficient (Wildman–Crippen LogP) is 1.43.